The Morgan fingerprint density at radius 3 is 2.61 bits per heavy atom. The van der Waals surface area contributed by atoms with Gasteiger partial charge in [0, 0.05) is 22.4 Å². The van der Waals surface area contributed by atoms with E-state index in [2.05, 4.69) is 18.8 Å². The van der Waals surface area contributed by atoms with Crippen molar-refractivity contribution in [3.63, 3.8) is 0 Å². The molecule has 0 aliphatic rings. The van der Waals surface area contributed by atoms with Crippen LogP contribution < -0.4 is 5.73 Å². The molecule has 1 aromatic heterocycles. The third kappa shape index (κ3) is 2.31. The molecule has 0 aliphatic carbocycles. The zero-order valence-corrected chi connectivity index (χ0v) is 11.6. The van der Waals surface area contributed by atoms with Crippen LogP contribution in [0.4, 0.5) is 4.39 Å². The number of benzene rings is 1. The second kappa shape index (κ2) is 4.78. The molecule has 18 heavy (non-hydrogen) atoms. The van der Waals surface area contributed by atoms with Gasteiger partial charge in [-0.25, -0.2) is 9.37 Å². The summed E-state index contributed by atoms with van der Waals surface area (Å²) in [4.78, 5) is 5.68. The first kappa shape index (κ1) is 13.2. The number of hydrogen-bond acceptors (Lipinski definition) is 3. The molecule has 2 N–H and O–H groups in total. The number of nitrogens with two attached hydrogens (primary N) is 1. The van der Waals surface area contributed by atoms with Crippen molar-refractivity contribution < 1.29 is 4.39 Å². The predicted molar refractivity (Wildman–Crippen MR) is 74.3 cm³/mol. The maximum atomic E-state index is 13.7. The molecule has 2 aromatic rings. The highest BCUT2D eigenvalue weighted by atomic mass is 32.1. The minimum atomic E-state index is -0.233. The summed E-state index contributed by atoms with van der Waals surface area (Å²) in [7, 11) is 0. The molecular weight excluding hydrogens is 247 g/mol. The van der Waals surface area contributed by atoms with E-state index in [1.54, 1.807) is 12.1 Å². The van der Waals surface area contributed by atoms with E-state index in [4.69, 9.17) is 5.73 Å². The van der Waals surface area contributed by atoms with Gasteiger partial charge in [-0.3, -0.25) is 0 Å². The number of thiazole rings is 1. The van der Waals surface area contributed by atoms with Crippen molar-refractivity contribution in [3.8, 4) is 10.6 Å². The largest absolute Gasteiger partial charge is 0.330 e. The molecule has 1 heterocycles. The van der Waals surface area contributed by atoms with E-state index in [-0.39, 0.29) is 11.2 Å². The number of aromatic nitrogens is 1. The highest BCUT2D eigenvalue weighted by Crippen LogP contribution is 2.34. The van der Waals surface area contributed by atoms with Crippen molar-refractivity contribution >= 4 is 11.3 Å². The standard InChI is InChI=1S/C14H17FN2S/c1-9-12(14(2,3)8-16)17-13(18-9)10-6-4-5-7-11(10)15/h4-7H,8,16H2,1-3H3. The van der Waals surface area contributed by atoms with Crippen molar-refractivity contribution in [2.75, 3.05) is 6.54 Å². The predicted octanol–water partition coefficient (Wildman–Crippen LogP) is 3.49. The van der Waals surface area contributed by atoms with E-state index in [1.807, 2.05) is 13.0 Å². The van der Waals surface area contributed by atoms with E-state index in [0.717, 1.165) is 15.6 Å². The van der Waals surface area contributed by atoms with E-state index in [0.29, 0.717) is 12.1 Å². The number of rotatable bonds is 3. The fraction of sp³-hybridized carbons (Fsp3) is 0.357. The molecule has 0 fully saturated rings. The number of hydrogen-bond donors (Lipinski definition) is 1. The summed E-state index contributed by atoms with van der Waals surface area (Å²) < 4.78 is 13.7. The van der Waals surface area contributed by atoms with E-state index < -0.39 is 0 Å². The number of aryl methyl sites for hydroxylation is 1. The van der Waals surface area contributed by atoms with Gasteiger partial charge in [-0.15, -0.1) is 11.3 Å². The Balaban J connectivity index is 2.51. The summed E-state index contributed by atoms with van der Waals surface area (Å²) in [5.41, 5.74) is 7.12. The molecule has 0 bridgehead atoms. The van der Waals surface area contributed by atoms with Gasteiger partial charge in [0.15, 0.2) is 0 Å². The molecule has 2 nitrogen and oxygen atoms in total. The van der Waals surface area contributed by atoms with Crippen molar-refractivity contribution in [1.82, 2.24) is 4.98 Å². The van der Waals surface area contributed by atoms with Gasteiger partial charge >= 0.3 is 0 Å². The van der Waals surface area contributed by atoms with Crippen molar-refractivity contribution in [3.05, 3.63) is 40.7 Å². The van der Waals surface area contributed by atoms with Crippen LogP contribution in [0, 0.1) is 12.7 Å². The first-order valence-corrected chi connectivity index (χ1v) is 6.70. The number of halogens is 1. The lowest BCUT2D eigenvalue weighted by atomic mass is 9.89. The molecule has 4 heteroatoms. The summed E-state index contributed by atoms with van der Waals surface area (Å²) in [6.45, 7) is 6.64. The van der Waals surface area contributed by atoms with Gasteiger partial charge in [0.2, 0.25) is 0 Å². The van der Waals surface area contributed by atoms with Gasteiger partial charge in [0.25, 0.3) is 0 Å². The molecule has 0 amide bonds. The molecule has 1 aromatic carbocycles. The Labute approximate surface area is 111 Å². The Hall–Kier alpha value is -1.26. The lowest BCUT2D eigenvalue weighted by molar-refractivity contribution is 0.522. The maximum absolute atomic E-state index is 13.7. The summed E-state index contributed by atoms with van der Waals surface area (Å²) in [6, 6.07) is 6.72. The Bertz CT molecular complexity index is 561. The summed E-state index contributed by atoms with van der Waals surface area (Å²) >= 11 is 1.52. The third-order valence-electron chi connectivity index (χ3n) is 3.05. The Morgan fingerprint density at radius 2 is 2.00 bits per heavy atom. The average Bonchev–Trinajstić information content (AvgIpc) is 2.72. The Kier molecular flexibility index (Phi) is 3.50. The molecule has 0 spiro atoms. The van der Waals surface area contributed by atoms with E-state index >= 15 is 0 Å². The SMILES string of the molecule is Cc1sc(-c2ccccc2F)nc1C(C)(C)CN. The molecule has 2 rings (SSSR count). The molecule has 0 aliphatic heterocycles. The molecule has 0 saturated heterocycles. The fourth-order valence-electron chi connectivity index (χ4n) is 1.87. The molecule has 0 atom stereocenters. The van der Waals surface area contributed by atoms with E-state index in [1.165, 1.54) is 17.4 Å². The smallest absolute Gasteiger partial charge is 0.133 e. The maximum Gasteiger partial charge on any atom is 0.133 e. The topological polar surface area (TPSA) is 38.9 Å². The van der Waals surface area contributed by atoms with Crippen molar-refractivity contribution in [2.24, 2.45) is 5.73 Å². The Morgan fingerprint density at radius 1 is 1.33 bits per heavy atom. The lowest BCUT2D eigenvalue weighted by Gasteiger charge is -2.20. The van der Waals surface area contributed by atoms with Crippen molar-refractivity contribution in [1.29, 1.82) is 0 Å². The normalized spacial score (nSPS) is 11.8. The van der Waals surface area contributed by atoms with Crippen molar-refractivity contribution in [2.45, 2.75) is 26.2 Å². The van der Waals surface area contributed by atoms with Crippen LogP contribution in [-0.4, -0.2) is 11.5 Å². The second-order valence-corrected chi connectivity index (χ2v) is 6.19. The van der Waals surface area contributed by atoms with Crippen LogP contribution in [0.2, 0.25) is 0 Å². The fourth-order valence-corrected chi connectivity index (χ4v) is 2.99. The van der Waals surface area contributed by atoms with Crippen LogP contribution in [0.15, 0.2) is 24.3 Å². The zero-order valence-electron chi connectivity index (χ0n) is 10.8. The van der Waals surface area contributed by atoms with Gasteiger partial charge in [-0.1, -0.05) is 26.0 Å². The first-order valence-electron chi connectivity index (χ1n) is 5.88. The average molecular weight is 264 g/mol. The van der Waals surface area contributed by atoms with Gasteiger partial charge < -0.3 is 5.73 Å². The van der Waals surface area contributed by atoms with Gasteiger partial charge in [0.05, 0.1) is 5.69 Å². The second-order valence-electron chi connectivity index (χ2n) is 4.99. The minimum absolute atomic E-state index is 0.176. The summed E-state index contributed by atoms with van der Waals surface area (Å²) in [5, 5.41) is 0.724. The zero-order chi connectivity index (χ0) is 13.3. The van der Waals surface area contributed by atoms with Gasteiger partial charge in [0.1, 0.15) is 10.8 Å². The minimum Gasteiger partial charge on any atom is -0.330 e. The van der Waals surface area contributed by atoms with Gasteiger partial charge in [-0.05, 0) is 19.1 Å². The molecule has 0 saturated carbocycles. The molecule has 0 unspecified atom stereocenters. The van der Waals surface area contributed by atoms with Crippen LogP contribution in [0.25, 0.3) is 10.6 Å². The first-order chi connectivity index (χ1) is 8.45. The van der Waals surface area contributed by atoms with Crippen LogP contribution >= 0.6 is 11.3 Å². The van der Waals surface area contributed by atoms with Crippen LogP contribution in [-0.2, 0) is 5.41 Å². The third-order valence-corrected chi connectivity index (χ3v) is 4.06. The lowest BCUT2D eigenvalue weighted by Crippen LogP contribution is -2.29. The molecular formula is C14H17FN2S. The highest BCUT2D eigenvalue weighted by molar-refractivity contribution is 7.15. The number of nitrogens with zero attached hydrogens (tertiary/aromatic N) is 1. The van der Waals surface area contributed by atoms with Crippen LogP contribution in [0.1, 0.15) is 24.4 Å². The monoisotopic (exact) mass is 264 g/mol. The summed E-state index contributed by atoms with van der Waals surface area (Å²) in [5.74, 6) is -0.233. The van der Waals surface area contributed by atoms with Crippen LogP contribution in [0.3, 0.4) is 0 Å². The van der Waals surface area contributed by atoms with Crippen LogP contribution in [0.5, 0.6) is 0 Å². The summed E-state index contributed by atoms with van der Waals surface area (Å²) in [6.07, 6.45) is 0. The van der Waals surface area contributed by atoms with Gasteiger partial charge in [-0.2, -0.15) is 0 Å². The van der Waals surface area contributed by atoms with E-state index in [9.17, 15) is 4.39 Å². The quantitative estimate of drug-likeness (QED) is 0.921. The molecule has 0 radical (unpaired) electrons. The highest BCUT2D eigenvalue weighted by Gasteiger charge is 2.25. The molecule has 96 valence electrons.